The topological polar surface area (TPSA) is 68.2 Å². The van der Waals surface area contributed by atoms with Crippen LogP contribution in [0.4, 0.5) is 10.1 Å². The van der Waals surface area contributed by atoms with Crippen molar-refractivity contribution in [3.63, 3.8) is 0 Å². The lowest BCUT2D eigenvalue weighted by atomic mass is 10.2. The van der Waals surface area contributed by atoms with Crippen molar-refractivity contribution in [1.29, 1.82) is 0 Å². The van der Waals surface area contributed by atoms with E-state index >= 15 is 0 Å². The van der Waals surface area contributed by atoms with E-state index in [1.807, 2.05) is 0 Å². The van der Waals surface area contributed by atoms with Crippen LogP contribution in [0.2, 0.25) is 0 Å². The Balaban J connectivity index is 2.28. The molecule has 0 radical (unpaired) electrons. The van der Waals surface area contributed by atoms with Crippen LogP contribution in [-0.4, -0.2) is 18.9 Å². The molecular weight excluding hydrogens is 319 g/mol. The highest BCUT2D eigenvalue weighted by Crippen LogP contribution is 2.19. The molecule has 0 unspecified atom stereocenters. The number of aryl methyl sites for hydroxylation is 2. The van der Waals surface area contributed by atoms with Crippen LogP contribution in [0.1, 0.15) is 16.1 Å². The van der Waals surface area contributed by atoms with Gasteiger partial charge >= 0.3 is 0 Å². The van der Waals surface area contributed by atoms with Gasteiger partial charge in [-0.1, -0.05) is 0 Å². The Labute approximate surface area is 125 Å². The third kappa shape index (κ3) is 3.43. The van der Waals surface area contributed by atoms with E-state index in [1.54, 1.807) is 6.92 Å². The molecule has 1 N–H and O–H groups in total. The Morgan fingerprint density at radius 3 is 2.52 bits per heavy atom. The molecule has 0 saturated heterocycles. The summed E-state index contributed by atoms with van der Waals surface area (Å²) in [4.78, 5) is 11.9. The average Bonchev–Trinajstić information content (AvgIpc) is 2.76. The van der Waals surface area contributed by atoms with E-state index in [2.05, 4.69) is 5.32 Å². The third-order valence-electron chi connectivity index (χ3n) is 2.91. The maximum absolute atomic E-state index is 13.2. The number of rotatable bonds is 3. The van der Waals surface area contributed by atoms with E-state index in [-0.39, 0.29) is 16.4 Å². The predicted molar refractivity (Wildman–Crippen MR) is 77.5 cm³/mol. The number of aromatic nitrogens is 1. The maximum atomic E-state index is 13.2. The van der Waals surface area contributed by atoms with Crippen LogP contribution in [0.5, 0.6) is 0 Å². The minimum absolute atomic E-state index is 0.121. The Morgan fingerprint density at radius 1 is 1.33 bits per heavy atom. The molecule has 0 fully saturated rings. The quantitative estimate of drug-likeness (QED) is 0.880. The second-order valence-corrected chi connectivity index (χ2v) is 7.09. The molecule has 0 spiro atoms. The zero-order valence-electron chi connectivity index (χ0n) is 11.2. The molecule has 0 aliphatic carbocycles. The van der Waals surface area contributed by atoms with Crippen molar-refractivity contribution in [1.82, 2.24) is 4.57 Å². The van der Waals surface area contributed by atoms with Crippen LogP contribution in [-0.2, 0) is 16.1 Å². The van der Waals surface area contributed by atoms with E-state index in [0.717, 1.165) is 0 Å². The van der Waals surface area contributed by atoms with Crippen molar-refractivity contribution in [2.45, 2.75) is 11.8 Å². The molecule has 5 nitrogen and oxygen atoms in total. The van der Waals surface area contributed by atoms with Gasteiger partial charge in [-0.15, -0.1) is 0 Å². The first kappa shape index (κ1) is 15.5. The molecule has 2 aromatic rings. The number of halogens is 2. The van der Waals surface area contributed by atoms with Gasteiger partial charge in [-0.05, 0) is 36.8 Å². The Kier molecular flexibility index (Phi) is 4.06. The zero-order valence-corrected chi connectivity index (χ0v) is 12.8. The third-order valence-corrected chi connectivity index (χ3v) is 4.23. The predicted octanol–water partition coefficient (Wildman–Crippen LogP) is 2.65. The van der Waals surface area contributed by atoms with Gasteiger partial charge in [0.15, 0.2) is 0 Å². The summed E-state index contributed by atoms with van der Waals surface area (Å²) in [5.41, 5.74) is 0.926. The molecular formula is C13H12ClFN2O3S. The van der Waals surface area contributed by atoms with Crippen molar-refractivity contribution in [3.8, 4) is 0 Å². The van der Waals surface area contributed by atoms with E-state index in [0.29, 0.717) is 11.3 Å². The molecule has 0 saturated carbocycles. The minimum Gasteiger partial charge on any atom is -0.345 e. The number of carbonyl (C=O) groups excluding carboxylic acids is 1. The smallest absolute Gasteiger partial charge is 0.272 e. The summed E-state index contributed by atoms with van der Waals surface area (Å²) >= 11 is 0. The fraction of sp³-hybridized carbons (Fsp3) is 0.154. The van der Waals surface area contributed by atoms with E-state index in [4.69, 9.17) is 10.7 Å². The second-order valence-electron chi connectivity index (χ2n) is 4.53. The molecule has 8 heteroatoms. The number of hydrogen-bond donors (Lipinski definition) is 1. The Morgan fingerprint density at radius 2 is 2.00 bits per heavy atom. The van der Waals surface area contributed by atoms with Gasteiger partial charge in [-0.25, -0.2) is 12.8 Å². The van der Waals surface area contributed by atoms with Crippen molar-refractivity contribution >= 4 is 31.3 Å². The summed E-state index contributed by atoms with van der Waals surface area (Å²) in [5.74, 6) is -0.891. The molecule has 1 aromatic heterocycles. The summed E-state index contributed by atoms with van der Waals surface area (Å²) in [6.07, 6.45) is 1.24. The molecule has 1 amide bonds. The molecule has 0 aliphatic rings. The lowest BCUT2D eigenvalue weighted by Crippen LogP contribution is -2.15. The lowest BCUT2D eigenvalue weighted by molar-refractivity contribution is 0.101. The molecule has 1 aromatic carbocycles. The van der Waals surface area contributed by atoms with Gasteiger partial charge in [-0.2, -0.15) is 0 Å². The maximum Gasteiger partial charge on any atom is 0.272 e. The Bertz CT molecular complexity index is 815. The van der Waals surface area contributed by atoms with Crippen LogP contribution in [0.25, 0.3) is 0 Å². The van der Waals surface area contributed by atoms with Crippen LogP contribution >= 0.6 is 10.7 Å². The van der Waals surface area contributed by atoms with Gasteiger partial charge in [0, 0.05) is 29.6 Å². The molecule has 112 valence electrons. The standard InChI is InChI=1S/C13H12ClFN2O3S/c1-8-5-9(3-4-11(8)15)16-13(18)12-6-10(7-17(12)2)21(14,19)20/h3-7H,1-2H3,(H,16,18). The first-order valence-corrected chi connectivity index (χ1v) is 8.18. The number of benzene rings is 1. The largest absolute Gasteiger partial charge is 0.345 e. The molecule has 0 aliphatic heterocycles. The number of nitrogens with one attached hydrogen (secondary N) is 1. The van der Waals surface area contributed by atoms with Gasteiger partial charge in [0.2, 0.25) is 0 Å². The first-order valence-electron chi connectivity index (χ1n) is 5.87. The highest BCUT2D eigenvalue weighted by molar-refractivity contribution is 8.13. The number of hydrogen-bond acceptors (Lipinski definition) is 3. The summed E-state index contributed by atoms with van der Waals surface area (Å²) in [7, 11) is 2.86. The summed E-state index contributed by atoms with van der Waals surface area (Å²) < 4.78 is 37.0. The fourth-order valence-electron chi connectivity index (χ4n) is 1.81. The highest BCUT2D eigenvalue weighted by atomic mass is 35.7. The van der Waals surface area contributed by atoms with Crippen LogP contribution in [0, 0.1) is 12.7 Å². The van der Waals surface area contributed by atoms with Crippen LogP contribution in [0.3, 0.4) is 0 Å². The Hall–Kier alpha value is -1.86. The van der Waals surface area contributed by atoms with Crippen LogP contribution in [0.15, 0.2) is 35.4 Å². The first-order chi connectivity index (χ1) is 9.68. The highest BCUT2D eigenvalue weighted by Gasteiger charge is 2.18. The fourth-order valence-corrected chi connectivity index (χ4v) is 2.60. The molecule has 2 rings (SSSR count). The van der Waals surface area contributed by atoms with E-state index in [9.17, 15) is 17.6 Å². The molecule has 0 bridgehead atoms. The van der Waals surface area contributed by atoms with Crippen molar-refractivity contribution in [3.05, 3.63) is 47.5 Å². The molecule has 1 heterocycles. The van der Waals surface area contributed by atoms with Crippen molar-refractivity contribution < 1.29 is 17.6 Å². The number of anilines is 1. The van der Waals surface area contributed by atoms with Gasteiger partial charge in [-0.3, -0.25) is 4.79 Å². The zero-order chi connectivity index (χ0) is 15.8. The molecule has 21 heavy (non-hydrogen) atoms. The van der Waals surface area contributed by atoms with Crippen LogP contribution < -0.4 is 5.32 Å². The SMILES string of the molecule is Cc1cc(NC(=O)c2cc(S(=O)(=O)Cl)cn2C)ccc1F. The number of amides is 1. The van der Waals surface area contributed by atoms with Gasteiger partial charge in [0.25, 0.3) is 15.0 Å². The number of nitrogens with zero attached hydrogens (tertiary/aromatic N) is 1. The van der Waals surface area contributed by atoms with Gasteiger partial charge < -0.3 is 9.88 Å². The van der Waals surface area contributed by atoms with E-state index < -0.39 is 15.0 Å². The summed E-state index contributed by atoms with van der Waals surface area (Å²) in [6, 6.07) is 5.32. The molecule has 0 atom stereocenters. The lowest BCUT2D eigenvalue weighted by Gasteiger charge is -2.07. The van der Waals surface area contributed by atoms with Crippen molar-refractivity contribution in [2.24, 2.45) is 7.05 Å². The number of carbonyl (C=O) groups is 1. The second kappa shape index (κ2) is 5.50. The van der Waals surface area contributed by atoms with Gasteiger partial charge in [0.05, 0.1) is 0 Å². The van der Waals surface area contributed by atoms with Gasteiger partial charge in [0.1, 0.15) is 16.4 Å². The average molecular weight is 331 g/mol. The minimum atomic E-state index is -3.90. The van der Waals surface area contributed by atoms with E-state index in [1.165, 1.54) is 42.1 Å². The monoisotopic (exact) mass is 330 g/mol. The van der Waals surface area contributed by atoms with Crippen molar-refractivity contribution in [2.75, 3.05) is 5.32 Å². The summed E-state index contributed by atoms with van der Waals surface area (Å²) in [5, 5.41) is 2.57. The summed E-state index contributed by atoms with van der Waals surface area (Å²) in [6.45, 7) is 1.58. The normalized spacial score (nSPS) is 11.4.